The Morgan fingerprint density at radius 3 is 2.82 bits per heavy atom. The van der Waals surface area contributed by atoms with Gasteiger partial charge in [-0.3, -0.25) is 4.79 Å². The number of benzene rings is 1. The topological polar surface area (TPSA) is 49.3 Å². The minimum atomic E-state index is -0.368. The van der Waals surface area contributed by atoms with E-state index in [-0.39, 0.29) is 24.0 Å². The SMILES string of the molecule is CC(CO)NC(=O)C1(c2cccc(Br)c2)CC1. The third-order valence-electron chi connectivity index (χ3n) is 3.21. The number of halogens is 1. The van der Waals surface area contributed by atoms with Gasteiger partial charge in [-0.25, -0.2) is 0 Å². The fourth-order valence-electron chi connectivity index (χ4n) is 1.97. The van der Waals surface area contributed by atoms with E-state index in [1.807, 2.05) is 24.3 Å². The van der Waals surface area contributed by atoms with E-state index >= 15 is 0 Å². The van der Waals surface area contributed by atoms with E-state index in [2.05, 4.69) is 21.2 Å². The quantitative estimate of drug-likeness (QED) is 0.893. The van der Waals surface area contributed by atoms with E-state index in [1.165, 1.54) is 0 Å². The predicted molar refractivity (Wildman–Crippen MR) is 69.7 cm³/mol. The molecule has 1 saturated carbocycles. The first-order valence-electron chi connectivity index (χ1n) is 5.76. The van der Waals surface area contributed by atoms with Crippen LogP contribution in [0.3, 0.4) is 0 Å². The van der Waals surface area contributed by atoms with Crippen molar-refractivity contribution < 1.29 is 9.90 Å². The first-order valence-corrected chi connectivity index (χ1v) is 6.56. The summed E-state index contributed by atoms with van der Waals surface area (Å²) in [7, 11) is 0. The van der Waals surface area contributed by atoms with Crippen LogP contribution in [0.1, 0.15) is 25.3 Å². The molecular weight excluding hydrogens is 282 g/mol. The number of amides is 1. The van der Waals surface area contributed by atoms with Gasteiger partial charge in [0.1, 0.15) is 0 Å². The molecule has 1 atom stereocenters. The highest BCUT2D eigenvalue weighted by Gasteiger charge is 2.51. The van der Waals surface area contributed by atoms with Crippen LogP contribution >= 0.6 is 15.9 Å². The molecule has 4 heteroatoms. The van der Waals surface area contributed by atoms with Crippen LogP contribution in [0.25, 0.3) is 0 Å². The highest BCUT2D eigenvalue weighted by Crippen LogP contribution is 2.48. The molecule has 0 bridgehead atoms. The molecule has 0 spiro atoms. The molecule has 1 aliphatic rings. The number of carbonyl (C=O) groups is 1. The Morgan fingerprint density at radius 1 is 1.59 bits per heavy atom. The van der Waals surface area contributed by atoms with Crippen molar-refractivity contribution in [2.75, 3.05) is 6.61 Å². The van der Waals surface area contributed by atoms with Crippen molar-refractivity contribution in [3.8, 4) is 0 Å². The van der Waals surface area contributed by atoms with Crippen LogP contribution < -0.4 is 5.32 Å². The van der Waals surface area contributed by atoms with Crippen LogP contribution in [0.5, 0.6) is 0 Å². The van der Waals surface area contributed by atoms with Gasteiger partial charge in [-0.1, -0.05) is 28.1 Å². The number of rotatable bonds is 4. The third-order valence-corrected chi connectivity index (χ3v) is 3.71. The monoisotopic (exact) mass is 297 g/mol. The number of carbonyl (C=O) groups excluding carboxylic acids is 1. The summed E-state index contributed by atoms with van der Waals surface area (Å²) in [6, 6.07) is 7.69. The summed E-state index contributed by atoms with van der Waals surface area (Å²) in [5.41, 5.74) is 0.683. The van der Waals surface area contributed by atoms with E-state index in [4.69, 9.17) is 5.11 Å². The number of aliphatic hydroxyl groups is 1. The van der Waals surface area contributed by atoms with Gasteiger partial charge < -0.3 is 10.4 Å². The lowest BCUT2D eigenvalue weighted by molar-refractivity contribution is -0.124. The van der Waals surface area contributed by atoms with Gasteiger partial charge in [0.15, 0.2) is 0 Å². The predicted octanol–water partition coefficient (Wildman–Crippen LogP) is 1.98. The molecule has 1 aromatic carbocycles. The average Bonchev–Trinajstić information content (AvgIpc) is 3.10. The molecule has 1 aromatic rings. The smallest absolute Gasteiger partial charge is 0.230 e. The molecule has 1 aliphatic carbocycles. The normalized spacial score (nSPS) is 18.5. The highest BCUT2D eigenvalue weighted by atomic mass is 79.9. The maximum atomic E-state index is 12.2. The molecule has 0 aliphatic heterocycles. The Bertz CT molecular complexity index is 429. The fraction of sp³-hybridized carbons (Fsp3) is 0.462. The lowest BCUT2D eigenvalue weighted by Gasteiger charge is -2.19. The first-order chi connectivity index (χ1) is 8.08. The zero-order valence-electron chi connectivity index (χ0n) is 9.74. The molecule has 1 fully saturated rings. The van der Waals surface area contributed by atoms with Crippen LogP contribution in [-0.4, -0.2) is 23.7 Å². The number of hydrogen-bond acceptors (Lipinski definition) is 2. The molecule has 0 radical (unpaired) electrons. The molecule has 2 N–H and O–H groups in total. The van der Waals surface area contributed by atoms with Crippen LogP contribution in [0, 0.1) is 0 Å². The standard InChI is InChI=1S/C13H16BrNO2/c1-9(8-16)15-12(17)13(5-6-13)10-3-2-4-11(14)7-10/h2-4,7,9,16H,5-6,8H2,1H3,(H,15,17). The summed E-state index contributed by atoms with van der Waals surface area (Å²) in [5, 5.41) is 11.8. The molecule has 3 nitrogen and oxygen atoms in total. The van der Waals surface area contributed by atoms with Crippen molar-refractivity contribution in [1.82, 2.24) is 5.32 Å². The molecule has 0 heterocycles. The number of nitrogens with one attached hydrogen (secondary N) is 1. The maximum absolute atomic E-state index is 12.2. The average molecular weight is 298 g/mol. The van der Waals surface area contributed by atoms with Crippen LogP contribution in [-0.2, 0) is 10.2 Å². The van der Waals surface area contributed by atoms with Gasteiger partial charge in [0.25, 0.3) is 0 Å². The number of hydrogen-bond donors (Lipinski definition) is 2. The second-order valence-corrected chi connectivity index (χ2v) is 5.57. The molecule has 0 saturated heterocycles. The minimum Gasteiger partial charge on any atom is -0.394 e. The van der Waals surface area contributed by atoms with Gasteiger partial charge in [0.2, 0.25) is 5.91 Å². The highest BCUT2D eigenvalue weighted by molar-refractivity contribution is 9.10. The molecule has 0 aromatic heterocycles. The molecule has 17 heavy (non-hydrogen) atoms. The zero-order valence-corrected chi connectivity index (χ0v) is 11.3. The second-order valence-electron chi connectivity index (χ2n) is 4.65. The van der Waals surface area contributed by atoms with Gasteiger partial charge in [-0.15, -0.1) is 0 Å². The van der Waals surface area contributed by atoms with Crippen molar-refractivity contribution in [1.29, 1.82) is 0 Å². The summed E-state index contributed by atoms with van der Waals surface area (Å²) < 4.78 is 0.990. The summed E-state index contributed by atoms with van der Waals surface area (Å²) in [6.07, 6.45) is 1.76. The molecule has 2 rings (SSSR count). The van der Waals surface area contributed by atoms with Crippen LogP contribution in [0.2, 0.25) is 0 Å². The van der Waals surface area contributed by atoms with Gasteiger partial charge in [0, 0.05) is 10.5 Å². The second kappa shape index (κ2) is 4.78. The van der Waals surface area contributed by atoms with E-state index < -0.39 is 0 Å². The summed E-state index contributed by atoms with van der Waals surface area (Å²) in [5.74, 6) is 0.0251. The maximum Gasteiger partial charge on any atom is 0.230 e. The first kappa shape index (κ1) is 12.6. The van der Waals surface area contributed by atoms with Gasteiger partial charge >= 0.3 is 0 Å². The van der Waals surface area contributed by atoms with Crippen molar-refractivity contribution in [3.63, 3.8) is 0 Å². The van der Waals surface area contributed by atoms with Gasteiger partial charge in [0.05, 0.1) is 12.0 Å². The van der Waals surface area contributed by atoms with Crippen LogP contribution in [0.4, 0.5) is 0 Å². The van der Waals surface area contributed by atoms with Crippen molar-refractivity contribution in [3.05, 3.63) is 34.3 Å². The lowest BCUT2D eigenvalue weighted by atomic mass is 9.95. The largest absolute Gasteiger partial charge is 0.394 e. The van der Waals surface area contributed by atoms with E-state index in [0.717, 1.165) is 22.9 Å². The lowest BCUT2D eigenvalue weighted by Crippen LogP contribution is -2.41. The molecule has 92 valence electrons. The Hall–Kier alpha value is -0.870. The van der Waals surface area contributed by atoms with E-state index in [1.54, 1.807) is 6.92 Å². The summed E-state index contributed by atoms with van der Waals surface area (Å²) in [4.78, 5) is 12.2. The Morgan fingerprint density at radius 2 is 2.29 bits per heavy atom. The van der Waals surface area contributed by atoms with Crippen LogP contribution in [0.15, 0.2) is 28.7 Å². The number of aliphatic hydroxyl groups excluding tert-OH is 1. The summed E-state index contributed by atoms with van der Waals surface area (Å²) >= 11 is 3.42. The fourth-order valence-corrected chi connectivity index (χ4v) is 2.36. The Kier molecular flexibility index (Phi) is 3.54. The molecule has 1 amide bonds. The molecular formula is C13H16BrNO2. The zero-order chi connectivity index (χ0) is 12.5. The minimum absolute atomic E-state index is 0.0251. The Balaban J connectivity index is 2.17. The van der Waals surface area contributed by atoms with Gasteiger partial charge in [-0.05, 0) is 37.5 Å². The molecule has 1 unspecified atom stereocenters. The Labute approximate surface area is 109 Å². The van der Waals surface area contributed by atoms with E-state index in [9.17, 15) is 4.79 Å². The third kappa shape index (κ3) is 2.53. The summed E-state index contributed by atoms with van der Waals surface area (Å²) in [6.45, 7) is 1.77. The van der Waals surface area contributed by atoms with Crippen molar-refractivity contribution >= 4 is 21.8 Å². The van der Waals surface area contributed by atoms with E-state index in [0.29, 0.717) is 0 Å². The van der Waals surface area contributed by atoms with Crippen molar-refractivity contribution in [2.24, 2.45) is 0 Å². The van der Waals surface area contributed by atoms with Gasteiger partial charge in [-0.2, -0.15) is 0 Å². The van der Waals surface area contributed by atoms with Crippen molar-refractivity contribution in [2.45, 2.75) is 31.2 Å².